The molecule has 1 N–H and O–H groups in total. The molecular formula is C24H26Cl2N4O3. The lowest BCUT2D eigenvalue weighted by Gasteiger charge is -2.35. The maximum Gasteiger partial charge on any atom is 0.305 e. The van der Waals surface area contributed by atoms with Crippen molar-refractivity contribution in [3.63, 3.8) is 0 Å². The number of aliphatic carboxylic acids is 1. The largest absolute Gasteiger partial charge is 0.481 e. The minimum atomic E-state index is -0.848. The van der Waals surface area contributed by atoms with Gasteiger partial charge in [-0.3, -0.25) is 4.79 Å². The van der Waals surface area contributed by atoms with Crippen molar-refractivity contribution in [2.75, 3.05) is 18.1 Å². The quantitative estimate of drug-likeness (QED) is 0.451. The number of pyridine rings is 1. The van der Waals surface area contributed by atoms with Gasteiger partial charge < -0.3 is 19.3 Å². The summed E-state index contributed by atoms with van der Waals surface area (Å²) in [6.07, 6.45) is 11.2. The minimum absolute atomic E-state index is 0.00663. The van der Waals surface area contributed by atoms with E-state index in [1.54, 1.807) is 18.6 Å². The van der Waals surface area contributed by atoms with Crippen LogP contribution in [0.15, 0.2) is 36.9 Å². The SMILES string of the molecule is O=C(O)CCOC[C@@H]1C[C@@H]2CCCC[C@@H]2N1c1cc(-n2ccnc2)c2ccc(Cl)c(Cl)c2n1. The molecule has 7 nitrogen and oxygen atoms in total. The normalized spacial score (nSPS) is 22.6. The van der Waals surface area contributed by atoms with E-state index in [1.165, 1.54) is 19.3 Å². The van der Waals surface area contributed by atoms with Crippen LogP contribution in [0.1, 0.15) is 38.5 Å². The Morgan fingerprint density at radius 1 is 1.24 bits per heavy atom. The van der Waals surface area contributed by atoms with E-state index in [9.17, 15) is 4.79 Å². The fraction of sp³-hybridized carbons (Fsp3) is 0.458. The molecule has 1 aliphatic heterocycles. The van der Waals surface area contributed by atoms with E-state index in [4.69, 9.17) is 38.0 Å². The van der Waals surface area contributed by atoms with Gasteiger partial charge in [0.1, 0.15) is 5.82 Å². The van der Waals surface area contributed by atoms with E-state index < -0.39 is 5.97 Å². The van der Waals surface area contributed by atoms with Crippen LogP contribution in [0, 0.1) is 5.92 Å². The van der Waals surface area contributed by atoms with E-state index in [1.807, 2.05) is 16.8 Å². The van der Waals surface area contributed by atoms with Crippen molar-refractivity contribution in [3.05, 3.63) is 47.0 Å². The summed E-state index contributed by atoms with van der Waals surface area (Å²) in [5.74, 6) is 0.576. The van der Waals surface area contributed by atoms with Gasteiger partial charge >= 0.3 is 5.97 Å². The first kappa shape index (κ1) is 22.4. The van der Waals surface area contributed by atoms with Crippen LogP contribution in [-0.4, -0.2) is 50.9 Å². The second-order valence-corrected chi connectivity index (χ2v) is 9.64. The highest BCUT2D eigenvalue weighted by molar-refractivity contribution is 6.45. The lowest BCUT2D eigenvalue weighted by molar-refractivity contribution is -0.138. The number of aromatic nitrogens is 3. The van der Waals surface area contributed by atoms with Crippen molar-refractivity contribution in [1.82, 2.24) is 14.5 Å². The van der Waals surface area contributed by atoms with Gasteiger partial charge in [-0.15, -0.1) is 0 Å². The van der Waals surface area contributed by atoms with E-state index in [0.717, 1.165) is 29.7 Å². The van der Waals surface area contributed by atoms with Crippen LogP contribution in [0.3, 0.4) is 0 Å². The number of carboxylic acids is 1. The molecule has 5 rings (SSSR count). The summed E-state index contributed by atoms with van der Waals surface area (Å²) in [6, 6.07) is 6.33. The van der Waals surface area contributed by atoms with Gasteiger partial charge in [0.25, 0.3) is 0 Å². The average molecular weight is 489 g/mol. The maximum absolute atomic E-state index is 10.9. The first-order chi connectivity index (χ1) is 16.0. The first-order valence-corrected chi connectivity index (χ1v) is 12.1. The number of ether oxygens (including phenoxy) is 1. The number of hydrogen-bond donors (Lipinski definition) is 1. The zero-order valence-electron chi connectivity index (χ0n) is 18.2. The molecule has 1 saturated heterocycles. The third-order valence-electron chi connectivity index (χ3n) is 6.85. The van der Waals surface area contributed by atoms with Crippen LogP contribution in [0.25, 0.3) is 16.6 Å². The minimum Gasteiger partial charge on any atom is -0.481 e. The predicted octanol–water partition coefficient (Wildman–Crippen LogP) is 5.36. The molecule has 3 aromatic rings. The molecule has 0 amide bonds. The Morgan fingerprint density at radius 2 is 2.09 bits per heavy atom. The highest BCUT2D eigenvalue weighted by Crippen LogP contribution is 2.43. The molecule has 3 atom stereocenters. The zero-order chi connectivity index (χ0) is 22.9. The van der Waals surface area contributed by atoms with Gasteiger partial charge in [0, 0.05) is 29.9 Å². The molecule has 0 spiro atoms. The van der Waals surface area contributed by atoms with Gasteiger partial charge in [-0.1, -0.05) is 36.0 Å². The molecule has 9 heteroatoms. The topological polar surface area (TPSA) is 80.5 Å². The van der Waals surface area contributed by atoms with Crippen molar-refractivity contribution >= 4 is 45.9 Å². The molecule has 0 bridgehead atoms. The molecule has 174 valence electrons. The van der Waals surface area contributed by atoms with Gasteiger partial charge in [0.05, 0.1) is 53.3 Å². The molecule has 1 saturated carbocycles. The summed E-state index contributed by atoms with van der Waals surface area (Å²) < 4.78 is 7.77. The number of imidazole rings is 1. The number of carboxylic acid groups (broad SMARTS) is 1. The van der Waals surface area contributed by atoms with Gasteiger partial charge in [0.15, 0.2) is 0 Å². The zero-order valence-corrected chi connectivity index (χ0v) is 19.7. The van der Waals surface area contributed by atoms with Crippen LogP contribution in [0.5, 0.6) is 0 Å². The molecule has 2 aliphatic rings. The van der Waals surface area contributed by atoms with Crippen molar-refractivity contribution in [2.45, 2.75) is 50.6 Å². The van der Waals surface area contributed by atoms with Crippen LogP contribution in [0.4, 0.5) is 5.82 Å². The Morgan fingerprint density at radius 3 is 2.88 bits per heavy atom. The molecule has 3 heterocycles. The summed E-state index contributed by atoms with van der Waals surface area (Å²) >= 11 is 13.0. The van der Waals surface area contributed by atoms with Crippen molar-refractivity contribution in [1.29, 1.82) is 0 Å². The Hall–Kier alpha value is -2.35. The number of benzene rings is 1. The third kappa shape index (κ3) is 4.42. The monoisotopic (exact) mass is 488 g/mol. The molecule has 0 radical (unpaired) electrons. The second kappa shape index (κ2) is 9.49. The van der Waals surface area contributed by atoms with E-state index in [2.05, 4.69) is 16.0 Å². The fourth-order valence-electron chi connectivity index (χ4n) is 5.40. The summed E-state index contributed by atoms with van der Waals surface area (Å²) in [4.78, 5) is 22.5. The summed E-state index contributed by atoms with van der Waals surface area (Å²) in [6.45, 7) is 0.686. The van der Waals surface area contributed by atoms with E-state index in [-0.39, 0.29) is 19.1 Å². The first-order valence-electron chi connectivity index (χ1n) is 11.4. The Balaban J connectivity index is 1.57. The van der Waals surface area contributed by atoms with Crippen molar-refractivity contribution < 1.29 is 14.6 Å². The number of halogens is 2. The van der Waals surface area contributed by atoms with Gasteiger partial charge in [-0.25, -0.2) is 9.97 Å². The van der Waals surface area contributed by atoms with E-state index in [0.29, 0.717) is 34.1 Å². The fourth-order valence-corrected chi connectivity index (χ4v) is 5.76. The standard InChI is InChI=1S/C24H26Cl2N4O3/c25-18-6-5-17-20(29-9-8-27-14-29)12-21(28-24(17)23(18)26)30-16(13-33-10-7-22(31)32)11-15-3-1-2-4-19(15)30/h5-6,8-9,12,14-16,19H,1-4,7,10-11,13H2,(H,31,32)/t15-,16-,19-/m0/s1. The average Bonchev–Trinajstić information content (AvgIpc) is 3.46. The van der Waals surface area contributed by atoms with Gasteiger partial charge in [-0.05, 0) is 37.3 Å². The second-order valence-electron chi connectivity index (χ2n) is 8.85. The highest BCUT2D eigenvalue weighted by atomic mass is 35.5. The molecular weight excluding hydrogens is 463 g/mol. The predicted molar refractivity (Wildman–Crippen MR) is 129 cm³/mol. The molecule has 2 aromatic heterocycles. The Labute approximate surface area is 202 Å². The summed E-state index contributed by atoms with van der Waals surface area (Å²) in [5, 5.41) is 10.7. The summed E-state index contributed by atoms with van der Waals surface area (Å²) in [7, 11) is 0. The number of carbonyl (C=O) groups is 1. The number of hydrogen-bond acceptors (Lipinski definition) is 5. The highest BCUT2D eigenvalue weighted by Gasteiger charge is 2.43. The van der Waals surface area contributed by atoms with Crippen LogP contribution in [0.2, 0.25) is 10.0 Å². The number of fused-ring (bicyclic) bond motifs is 2. The maximum atomic E-state index is 10.9. The van der Waals surface area contributed by atoms with Gasteiger partial charge in [0.2, 0.25) is 0 Å². The van der Waals surface area contributed by atoms with Crippen molar-refractivity contribution in [3.8, 4) is 5.69 Å². The number of rotatable bonds is 7. The van der Waals surface area contributed by atoms with Crippen LogP contribution in [-0.2, 0) is 9.53 Å². The van der Waals surface area contributed by atoms with Crippen molar-refractivity contribution in [2.24, 2.45) is 5.92 Å². The lowest BCUT2D eigenvalue weighted by atomic mass is 9.85. The molecule has 1 aliphatic carbocycles. The third-order valence-corrected chi connectivity index (χ3v) is 7.64. The molecule has 1 aromatic carbocycles. The summed E-state index contributed by atoms with van der Waals surface area (Å²) in [5.41, 5.74) is 1.60. The van der Waals surface area contributed by atoms with Crippen LogP contribution >= 0.6 is 23.2 Å². The van der Waals surface area contributed by atoms with Gasteiger partial charge in [-0.2, -0.15) is 0 Å². The molecule has 0 unspecified atom stereocenters. The van der Waals surface area contributed by atoms with Crippen LogP contribution < -0.4 is 4.90 Å². The Bertz CT molecular complexity index is 1150. The molecule has 33 heavy (non-hydrogen) atoms. The number of nitrogens with zero attached hydrogens (tertiary/aromatic N) is 4. The smallest absolute Gasteiger partial charge is 0.305 e. The lowest BCUT2D eigenvalue weighted by Crippen LogP contribution is -2.41. The van der Waals surface area contributed by atoms with E-state index >= 15 is 0 Å². The Kier molecular flexibility index (Phi) is 6.45. The number of anilines is 1. The molecule has 2 fully saturated rings.